The maximum absolute atomic E-state index is 14.2. The Balaban J connectivity index is 1.94. The van der Waals surface area contributed by atoms with Crippen LogP contribution in [0, 0.1) is 18.2 Å². The van der Waals surface area contributed by atoms with Crippen LogP contribution in [0.15, 0.2) is 28.8 Å². The topological polar surface area (TPSA) is 21.6 Å². The molecule has 0 saturated heterocycles. The molecule has 1 saturated carbocycles. The van der Waals surface area contributed by atoms with Gasteiger partial charge in [-0.05, 0) is 43.4 Å². The molecular formula is C17H15ClFNO. The number of allylic oxidation sites excluding steroid dienone is 1. The number of hydrogen-bond donors (Lipinski definition) is 0. The van der Waals surface area contributed by atoms with E-state index in [1.165, 1.54) is 18.1 Å². The van der Waals surface area contributed by atoms with Gasteiger partial charge in [0, 0.05) is 11.3 Å². The van der Waals surface area contributed by atoms with Crippen molar-refractivity contribution >= 4 is 17.3 Å². The Morgan fingerprint density at radius 3 is 2.95 bits per heavy atom. The Labute approximate surface area is 128 Å². The van der Waals surface area contributed by atoms with Crippen LogP contribution in [0.25, 0.3) is 0 Å². The van der Waals surface area contributed by atoms with Crippen LogP contribution in [0.1, 0.15) is 37.3 Å². The smallest absolute Gasteiger partial charge is 0.148 e. The van der Waals surface area contributed by atoms with Crippen molar-refractivity contribution in [3.8, 4) is 18.1 Å². The monoisotopic (exact) mass is 303 g/mol. The number of halogens is 2. The maximum atomic E-state index is 14.2. The summed E-state index contributed by atoms with van der Waals surface area (Å²) < 4.78 is 19.6. The van der Waals surface area contributed by atoms with E-state index in [4.69, 9.17) is 22.8 Å². The third-order valence-electron chi connectivity index (χ3n) is 3.82. The van der Waals surface area contributed by atoms with Gasteiger partial charge in [-0.3, -0.25) is 4.99 Å². The molecule has 21 heavy (non-hydrogen) atoms. The average Bonchev–Trinajstić information content (AvgIpc) is 2.90. The van der Waals surface area contributed by atoms with Crippen LogP contribution in [-0.2, 0) is 0 Å². The highest BCUT2D eigenvalue weighted by Gasteiger charge is 2.25. The zero-order valence-electron chi connectivity index (χ0n) is 11.5. The fraction of sp³-hybridized carbons (Fsp3) is 0.353. The van der Waals surface area contributed by atoms with Gasteiger partial charge in [0.25, 0.3) is 0 Å². The van der Waals surface area contributed by atoms with Crippen molar-refractivity contribution in [1.82, 2.24) is 0 Å². The Morgan fingerprint density at radius 2 is 2.19 bits per heavy atom. The second-order valence-corrected chi connectivity index (χ2v) is 5.62. The predicted molar refractivity (Wildman–Crippen MR) is 82.5 cm³/mol. The normalized spacial score (nSPS) is 20.3. The summed E-state index contributed by atoms with van der Waals surface area (Å²) in [6.07, 6.45) is 11.6. The summed E-state index contributed by atoms with van der Waals surface area (Å²) in [4.78, 5) is 4.64. The van der Waals surface area contributed by atoms with Crippen LogP contribution in [0.3, 0.4) is 0 Å². The first kappa shape index (κ1) is 14.2. The van der Waals surface area contributed by atoms with Gasteiger partial charge in [0.05, 0.1) is 11.1 Å². The van der Waals surface area contributed by atoms with E-state index < -0.39 is 0 Å². The van der Waals surface area contributed by atoms with E-state index in [0.717, 1.165) is 25.0 Å². The zero-order chi connectivity index (χ0) is 14.8. The summed E-state index contributed by atoms with van der Waals surface area (Å²) in [5, 5.41) is 0.224. The SMILES string of the molecule is C#CCOc1cc(C2C=C3CCCCC3=N2)c(F)cc1Cl. The summed E-state index contributed by atoms with van der Waals surface area (Å²) in [5.74, 6) is 2.41. The first-order valence-electron chi connectivity index (χ1n) is 7.02. The van der Waals surface area contributed by atoms with Gasteiger partial charge in [0.2, 0.25) is 0 Å². The molecule has 1 atom stereocenters. The van der Waals surface area contributed by atoms with Crippen LogP contribution in [0.5, 0.6) is 5.75 Å². The number of benzene rings is 1. The molecule has 1 aromatic rings. The van der Waals surface area contributed by atoms with Crippen molar-refractivity contribution in [2.24, 2.45) is 4.99 Å². The Bertz CT molecular complexity index is 650. The number of aliphatic imine (C=N–C) groups is 1. The summed E-state index contributed by atoms with van der Waals surface area (Å²) >= 11 is 5.98. The predicted octanol–water partition coefficient (Wildman–Crippen LogP) is 4.49. The molecule has 1 aliphatic carbocycles. The van der Waals surface area contributed by atoms with Gasteiger partial charge < -0.3 is 4.74 Å². The molecule has 108 valence electrons. The highest BCUT2D eigenvalue weighted by Crippen LogP contribution is 2.38. The first-order valence-corrected chi connectivity index (χ1v) is 7.40. The lowest BCUT2D eigenvalue weighted by Gasteiger charge is -2.12. The van der Waals surface area contributed by atoms with E-state index in [9.17, 15) is 4.39 Å². The molecular weight excluding hydrogens is 289 g/mol. The highest BCUT2D eigenvalue weighted by molar-refractivity contribution is 6.32. The van der Waals surface area contributed by atoms with Crippen molar-refractivity contribution in [3.05, 3.63) is 40.2 Å². The van der Waals surface area contributed by atoms with Gasteiger partial charge >= 0.3 is 0 Å². The van der Waals surface area contributed by atoms with E-state index in [1.807, 2.05) is 6.08 Å². The lowest BCUT2D eigenvalue weighted by molar-refractivity contribution is 0.369. The van der Waals surface area contributed by atoms with Crippen LogP contribution >= 0.6 is 11.6 Å². The third-order valence-corrected chi connectivity index (χ3v) is 4.11. The van der Waals surface area contributed by atoms with Gasteiger partial charge in [-0.25, -0.2) is 4.39 Å². The Kier molecular flexibility index (Phi) is 3.98. The third kappa shape index (κ3) is 2.82. The number of nitrogens with zero attached hydrogens (tertiary/aromatic N) is 1. The van der Waals surface area contributed by atoms with Gasteiger partial charge in [0.1, 0.15) is 18.2 Å². The van der Waals surface area contributed by atoms with E-state index in [2.05, 4.69) is 10.9 Å². The molecule has 3 rings (SSSR count). The minimum absolute atomic E-state index is 0.102. The molecule has 2 aliphatic rings. The van der Waals surface area contributed by atoms with Crippen molar-refractivity contribution in [1.29, 1.82) is 0 Å². The van der Waals surface area contributed by atoms with Crippen molar-refractivity contribution in [3.63, 3.8) is 0 Å². The van der Waals surface area contributed by atoms with Crippen LogP contribution < -0.4 is 4.74 Å². The minimum Gasteiger partial charge on any atom is -0.479 e. The molecule has 1 aromatic carbocycles. The lowest BCUT2D eigenvalue weighted by Crippen LogP contribution is -2.05. The minimum atomic E-state index is -0.363. The molecule has 0 radical (unpaired) electrons. The number of terminal acetylenes is 1. The molecule has 1 fully saturated rings. The number of fused-ring (bicyclic) bond motifs is 1. The Hall–Kier alpha value is -1.79. The molecule has 1 heterocycles. The molecule has 0 N–H and O–H groups in total. The summed E-state index contributed by atoms with van der Waals surface area (Å²) in [6.45, 7) is 0.102. The van der Waals surface area contributed by atoms with Gasteiger partial charge in [0.15, 0.2) is 0 Å². The van der Waals surface area contributed by atoms with E-state index in [1.54, 1.807) is 6.07 Å². The molecule has 2 nitrogen and oxygen atoms in total. The number of hydrogen-bond acceptors (Lipinski definition) is 2. The van der Waals surface area contributed by atoms with Crippen molar-refractivity contribution < 1.29 is 9.13 Å². The van der Waals surface area contributed by atoms with E-state index >= 15 is 0 Å². The van der Waals surface area contributed by atoms with E-state index in [-0.39, 0.29) is 23.5 Å². The van der Waals surface area contributed by atoms with Crippen molar-refractivity contribution in [2.45, 2.75) is 31.7 Å². The Morgan fingerprint density at radius 1 is 1.38 bits per heavy atom. The van der Waals surface area contributed by atoms with Crippen LogP contribution in [0.2, 0.25) is 5.02 Å². The fourth-order valence-corrected chi connectivity index (χ4v) is 3.00. The highest BCUT2D eigenvalue weighted by atomic mass is 35.5. The van der Waals surface area contributed by atoms with Crippen LogP contribution in [0.4, 0.5) is 4.39 Å². The first-order chi connectivity index (χ1) is 10.2. The second kappa shape index (κ2) is 5.91. The molecule has 0 aromatic heterocycles. The maximum Gasteiger partial charge on any atom is 0.148 e. The summed E-state index contributed by atoms with van der Waals surface area (Å²) in [7, 11) is 0. The standard InChI is InChI=1S/C17H15ClFNO/c1-2-7-21-17-9-12(14(19)10-13(17)18)16-8-11-5-3-4-6-15(11)20-16/h1,8-10,16H,3-7H2. The van der Waals surface area contributed by atoms with Crippen molar-refractivity contribution in [2.75, 3.05) is 6.61 Å². The number of ether oxygens (including phenoxy) is 1. The fourth-order valence-electron chi connectivity index (χ4n) is 2.80. The molecule has 4 heteroatoms. The second-order valence-electron chi connectivity index (χ2n) is 5.22. The van der Waals surface area contributed by atoms with E-state index in [0.29, 0.717) is 11.3 Å². The summed E-state index contributed by atoms with van der Waals surface area (Å²) in [5.41, 5.74) is 2.86. The summed E-state index contributed by atoms with van der Waals surface area (Å²) in [6, 6.07) is 2.60. The van der Waals surface area contributed by atoms with Crippen LogP contribution in [-0.4, -0.2) is 12.3 Å². The van der Waals surface area contributed by atoms with Gasteiger partial charge in [-0.2, -0.15) is 0 Å². The number of rotatable bonds is 3. The zero-order valence-corrected chi connectivity index (χ0v) is 12.3. The van der Waals surface area contributed by atoms with Gasteiger partial charge in [-0.15, -0.1) is 6.42 Å². The molecule has 0 spiro atoms. The quantitative estimate of drug-likeness (QED) is 0.754. The molecule has 1 aliphatic heterocycles. The average molecular weight is 304 g/mol. The molecule has 1 unspecified atom stereocenters. The largest absolute Gasteiger partial charge is 0.479 e. The van der Waals surface area contributed by atoms with Gasteiger partial charge in [-0.1, -0.05) is 23.6 Å². The molecule has 0 amide bonds. The lowest BCUT2D eigenvalue weighted by atomic mass is 9.93. The molecule has 0 bridgehead atoms.